The van der Waals surface area contributed by atoms with Crippen molar-refractivity contribution in [2.45, 2.75) is 45.6 Å². The van der Waals surface area contributed by atoms with Crippen molar-refractivity contribution in [3.05, 3.63) is 26.6 Å². The standard InChI is InChI=1S/C20H28N4O3S/c1-2-27-12-7-17(25)24-10-8-23(9-11-24)13-16-21-19(26)18-14-5-3-4-6-15(14)28-20(18)22-16/h2-13H2,1H3,(H,21,22,26). The van der Waals surface area contributed by atoms with E-state index in [2.05, 4.69) is 9.88 Å². The second-order valence-electron chi connectivity index (χ2n) is 7.51. The maximum Gasteiger partial charge on any atom is 0.259 e. The van der Waals surface area contributed by atoms with Crippen LogP contribution in [0.15, 0.2) is 4.79 Å². The zero-order valence-corrected chi connectivity index (χ0v) is 17.3. The molecule has 3 heterocycles. The van der Waals surface area contributed by atoms with Crippen molar-refractivity contribution in [2.75, 3.05) is 39.4 Å². The average Bonchev–Trinajstić information content (AvgIpc) is 3.07. The Kier molecular flexibility index (Phi) is 6.08. The van der Waals surface area contributed by atoms with Gasteiger partial charge in [-0.2, -0.15) is 0 Å². The van der Waals surface area contributed by atoms with Gasteiger partial charge in [0.05, 0.1) is 25.0 Å². The maximum absolute atomic E-state index is 12.7. The minimum absolute atomic E-state index is 0.00383. The summed E-state index contributed by atoms with van der Waals surface area (Å²) in [7, 11) is 0. The van der Waals surface area contributed by atoms with Gasteiger partial charge < -0.3 is 14.6 Å². The number of carbonyl (C=O) groups is 1. The van der Waals surface area contributed by atoms with Crippen LogP contribution >= 0.6 is 11.3 Å². The minimum Gasteiger partial charge on any atom is -0.381 e. The van der Waals surface area contributed by atoms with E-state index in [0.29, 0.717) is 39.3 Å². The maximum atomic E-state index is 12.7. The fourth-order valence-corrected chi connectivity index (χ4v) is 5.39. The summed E-state index contributed by atoms with van der Waals surface area (Å²) >= 11 is 1.69. The molecule has 1 fully saturated rings. The fraction of sp³-hybridized carbons (Fsp3) is 0.650. The number of hydrogen-bond donors (Lipinski definition) is 1. The SMILES string of the molecule is CCOCCC(=O)N1CCN(Cc2nc3sc4c(c3c(=O)[nH]2)CCCC4)CC1. The molecule has 0 unspecified atom stereocenters. The van der Waals surface area contributed by atoms with Crippen LogP contribution in [0, 0.1) is 0 Å². The average molecular weight is 405 g/mol. The van der Waals surface area contributed by atoms with Gasteiger partial charge in [-0.15, -0.1) is 11.3 Å². The molecule has 0 aromatic carbocycles. The molecule has 1 aliphatic carbocycles. The van der Waals surface area contributed by atoms with Gasteiger partial charge in [-0.25, -0.2) is 4.98 Å². The number of nitrogens with zero attached hydrogens (tertiary/aromatic N) is 3. The third-order valence-electron chi connectivity index (χ3n) is 5.64. The van der Waals surface area contributed by atoms with E-state index in [1.54, 1.807) is 11.3 Å². The quantitative estimate of drug-likeness (QED) is 0.745. The van der Waals surface area contributed by atoms with Crippen LogP contribution in [-0.4, -0.2) is 65.1 Å². The molecule has 1 amide bonds. The summed E-state index contributed by atoms with van der Waals surface area (Å²) in [5, 5.41) is 0.813. The van der Waals surface area contributed by atoms with Crippen molar-refractivity contribution in [1.29, 1.82) is 0 Å². The zero-order chi connectivity index (χ0) is 19.5. The van der Waals surface area contributed by atoms with Gasteiger partial charge in [0.1, 0.15) is 10.7 Å². The number of aromatic amines is 1. The Bertz CT molecular complexity index is 899. The smallest absolute Gasteiger partial charge is 0.259 e. The molecule has 2 aromatic rings. The molecule has 1 saturated heterocycles. The molecular formula is C20H28N4O3S. The van der Waals surface area contributed by atoms with E-state index < -0.39 is 0 Å². The second kappa shape index (κ2) is 8.71. The van der Waals surface area contributed by atoms with Crippen LogP contribution in [-0.2, 0) is 28.9 Å². The number of piperazine rings is 1. The lowest BCUT2D eigenvalue weighted by Crippen LogP contribution is -2.48. The number of amides is 1. The fourth-order valence-electron chi connectivity index (χ4n) is 4.11. The number of aryl methyl sites for hydroxylation is 2. The molecule has 0 spiro atoms. The van der Waals surface area contributed by atoms with E-state index >= 15 is 0 Å². The van der Waals surface area contributed by atoms with E-state index in [1.165, 1.54) is 16.9 Å². The van der Waals surface area contributed by atoms with Crippen molar-refractivity contribution in [3.63, 3.8) is 0 Å². The van der Waals surface area contributed by atoms with Crippen molar-refractivity contribution in [1.82, 2.24) is 19.8 Å². The Balaban J connectivity index is 1.38. The predicted molar refractivity (Wildman–Crippen MR) is 110 cm³/mol. The number of aromatic nitrogens is 2. The summed E-state index contributed by atoms with van der Waals surface area (Å²) in [6.07, 6.45) is 4.89. The molecule has 1 aliphatic heterocycles. The molecule has 1 N–H and O–H groups in total. The van der Waals surface area contributed by atoms with Crippen molar-refractivity contribution < 1.29 is 9.53 Å². The first kappa shape index (κ1) is 19.5. The number of fused-ring (bicyclic) bond motifs is 3. The molecule has 0 saturated carbocycles. The first-order valence-corrected chi connectivity index (χ1v) is 11.1. The van der Waals surface area contributed by atoms with E-state index in [1.807, 2.05) is 11.8 Å². The third kappa shape index (κ3) is 4.14. The van der Waals surface area contributed by atoms with Gasteiger partial charge in [-0.1, -0.05) is 0 Å². The molecule has 152 valence electrons. The van der Waals surface area contributed by atoms with Gasteiger partial charge in [0.15, 0.2) is 0 Å². The molecule has 2 aliphatic rings. The van der Waals surface area contributed by atoms with E-state index in [9.17, 15) is 9.59 Å². The lowest BCUT2D eigenvalue weighted by atomic mass is 9.97. The Morgan fingerprint density at radius 1 is 1.21 bits per heavy atom. The van der Waals surface area contributed by atoms with Crippen LogP contribution < -0.4 is 5.56 Å². The number of carbonyl (C=O) groups excluding carboxylic acids is 1. The summed E-state index contributed by atoms with van der Waals surface area (Å²) in [6.45, 7) is 6.70. The van der Waals surface area contributed by atoms with Gasteiger partial charge in [0.25, 0.3) is 5.56 Å². The summed E-state index contributed by atoms with van der Waals surface area (Å²) in [5.41, 5.74) is 1.23. The van der Waals surface area contributed by atoms with E-state index in [-0.39, 0.29) is 11.5 Å². The van der Waals surface area contributed by atoms with E-state index in [0.717, 1.165) is 48.4 Å². The largest absolute Gasteiger partial charge is 0.381 e. The molecule has 0 radical (unpaired) electrons. The number of hydrogen-bond acceptors (Lipinski definition) is 6. The van der Waals surface area contributed by atoms with Crippen LogP contribution in [0.1, 0.15) is 42.5 Å². The number of ether oxygens (including phenoxy) is 1. The first-order chi connectivity index (χ1) is 13.7. The summed E-state index contributed by atoms with van der Waals surface area (Å²) in [6, 6.07) is 0. The molecule has 2 aromatic heterocycles. The van der Waals surface area contributed by atoms with Crippen LogP contribution in [0.5, 0.6) is 0 Å². The summed E-state index contributed by atoms with van der Waals surface area (Å²) in [5.74, 6) is 0.887. The monoisotopic (exact) mass is 404 g/mol. The van der Waals surface area contributed by atoms with Crippen LogP contribution in [0.3, 0.4) is 0 Å². The Morgan fingerprint density at radius 2 is 2.00 bits per heavy atom. The highest BCUT2D eigenvalue weighted by atomic mass is 32.1. The molecule has 0 bridgehead atoms. The minimum atomic E-state index is 0.00383. The molecule has 28 heavy (non-hydrogen) atoms. The van der Waals surface area contributed by atoms with Crippen LogP contribution in [0.25, 0.3) is 10.2 Å². The molecular weight excluding hydrogens is 376 g/mol. The molecule has 0 atom stereocenters. The Labute approximate surface area is 168 Å². The highest BCUT2D eigenvalue weighted by Gasteiger charge is 2.23. The second-order valence-corrected chi connectivity index (χ2v) is 8.59. The van der Waals surface area contributed by atoms with Crippen LogP contribution in [0.2, 0.25) is 0 Å². The lowest BCUT2D eigenvalue weighted by Gasteiger charge is -2.34. The van der Waals surface area contributed by atoms with Gasteiger partial charge in [0.2, 0.25) is 5.91 Å². The topological polar surface area (TPSA) is 78.5 Å². The number of nitrogens with one attached hydrogen (secondary N) is 1. The number of rotatable bonds is 6. The molecule has 8 heteroatoms. The molecule has 7 nitrogen and oxygen atoms in total. The highest BCUT2D eigenvalue weighted by Crippen LogP contribution is 2.33. The van der Waals surface area contributed by atoms with Crippen molar-refractivity contribution in [3.8, 4) is 0 Å². The van der Waals surface area contributed by atoms with Crippen molar-refractivity contribution in [2.24, 2.45) is 0 Å². The zero-order valence-electron chi connectivity index (χ0n) is 16.5. The lowest BCUT2D eigenvalue weighted by molar-refractivity contribution is -0.134. The number of thiophene rings is 1. The third-order valence-corrected chi connectivity index (χ3v) is 6.82. The highest BCUT2D eigenvalue weighted by molar-refractivity contribution is 7.18. The normalized spacial score (nSPS) is 17.8. The van der Waals surface area contributed by atoms with Gasteiger partial charge >= 0.3 is 0 Å². The predicted octanol–water partition coefficient (Wildman–Crippen LogP) is 1.93. The van der Waals surface area contributed by atoms with Gasteiger partial charge in [-0.3, -0.25) is 14.5 Å². The van der Waals surface area contributed by atoms with Gasteiger partial charge in [0, 0.05) is 37.7 Å². The van der Waals surface area contributed by atoms with Gasteiger partial charge in [-0.05, 0) is 38.2 Å². The number of H-pyrrole nitrogens is 1. The van der Waals surface area contributed by atoms with Crippen LogP contribution in [0.4, 0.5) is 0 Å². The Morgan fingerprint density at radius 3 is 2.79 bits per heavy atom. The van der Waals surface area contributed by atoms with Crippen molar-refractivity contribution >= 4 is 27.5 Å². The summed E-state index contributed by atoms with van der Waals surface area (Å²) < 4.78 is 5.27. The first-order valence-electron chi connectivity index (χ1n) is 10.3. The summed E-state index contributed by atoms with van der Waals surface area (Å²) in [4.78, 5) is 39.0. The molecule has 4 rings (SSSR count). The Hall–Kier alpha value is -1.77. The van der Waals surface area contributed by atoms with E-state index in [4.69, 9.17) is 9.72 Å².